The van der Waals surface area contributed by atoms with Crippen LogP contribution in [0.4, 0.5) is 28.7 Å². The molecular formula is C25H29N7O3. The molecule has 0 bridgehead atoms. The van der Waals surface area contributed by atoms with Gasteiger partial charge in [-0.05, 0) is 30.3 Å². The summed E-state index contributed by atoms with van der Waals surface area (Å²) in [4.78, 5) is 22.8. The van der Waals surface area contributed by atoms with Crippen LogP contribution in [-0.2, 0) is 4.79 Å². The van der Waals surface area contributed by atoms with Crippen molar-refractivity contribution in [3.63, 3.8) is 0 Å². The Bertz CT molecular complexity index is 1230. The minimum Gasteiger partial charge on any atom is -0.494 e. The molecule has 5 N–H and O–H groups in total. The van der Waals surface area contributed by atoms with Gasteiger partial charge in [0.1, 0.15) is 5.75 Å². The number of hydrogen-bond donors (Lipinski definition) is 5. The van der Waals surface area contributed by atoms with Gasteiger partial charge >= 0.3 is 0 Å². The topological polar surface area (TPSA) is 135 Å². The summed E-state index contributed by atoms with van der Waals surface area (Å²) in [6, 6.07) is 10.9. The number of amides is 1. The van der Waals surface area contributed by atoms with Gasteiger partial charge in [-0.1, -0.05) is 12.6 Å². The minimum atomic E-state index is -0.370. The Morgan fingerprint density at radius 1 is 1.23 bits per heavy atom. The number of nitrogens with one attached hydrogen (secondary N) is 4. The van der Waals surface area contributed by atoms with Crippen LogP contribution in [0.3, 0.4) is 0 Å². The van der Waals surface area contributed by atoms with Gasteiger partial charge in [-0.2, -0.15) is 0 Å². The molecule has 0 spiro atoms. The number of aromatic nitrogens is 2. The summed E-state index contributed by atoms with van der Waals surface area (Å²) >= 11 is 0. The first-order chi connectivity index (χ1) is 16.9. The molecule has 0 saturated heterocycles. The van der Waals surface area contributed by atoms with Crippen LogP contribution in [0.2, 0.25) is 0 Å². The van der Waals surface area contributed by atoms with Crippen molar-refractivity contribution < 1.29 is 14.6 Å². The maximum atomic E-state index is 12.0. The van der Waals surface area contributed by atoms with Gasteiger partial charge in [-0.25, -0.2) is 9.97 Å². The van der Waals surface area contributed by atoms with E-state index >= 15 is 0 Å². The molecule has 3 rings (SSSR count). The summed E-state index contributed by atoms with van der Waals surface area (Å²) in [5.74, 6) is 0.456. The van der Waals surface area contributed by atoms with Crippen LogP contribution < -0.4 is 25.6 Å². The normalized spacial score (nSPS) is 10.3. The Kier molecular flexibility index (Phi) is 8.36. The van der Waals surface area contributed by atoms with Crippen molar-refractivity contribution in [2.24, 2.45) is 0 Å². The number of carbonyl (C=O) groups excluding carboxylic acids is 1. The first-order valence-electron chi connectivity index (χ1n) is 10.8. The Labute approximate surface area is 204 Å². The maximum Gasteiger partial charge on any atom is 0.247 e. The molecule has 1 heterocycles. The fraction of sp³-hybridized carbons (Fsp3) is 0.200. The minimum absolute atomic E-state index is 0.0523. The number of methoxy groups -OCH3 is 1. The van der Waals surface area contributed by atoms with Crippen molar-refractivity contribution in [2.75, 3.05) is 55.2 Å². The fourth-order valence-corrected chi connectivity index (χ4v) is 3.48. The number of rotatable bonds is 11. The molecule has 10 nitrogen and oxygen atoms in total. The van der Waals surface area contributed by atoms with Gasteiger partial charge in [0.25, 0.3) is 0 Å². The third-order valence-corrected chi connectivity index (χ3v) is 5.28. The number of aliphatic hydroxyl groups is 1. The summed E-state index contributed by atoms with van der Waals surface area (Å²) in [6.45, 7) is 3.82. The lowest BCUT2D eigenvalue weighted by Gasteiger charge is -2.24. The number of benzene rings is 2. The molecule has 2 aromatic carbocycles. The van der Waals surface area contributed by atoms with Crippen LogP contribution in [-0.4, -0.2) is 61.6 Å². The second-order valence-corrected chi connectivity index (χ2v) is 7.50. The summed E-state index contributed by atoms with van der Waals surface area (Å²) in [7, 11) is 5.15. The highest BCUT2D eigenvalue weighted by Gasteiger charge is 2.16. The smallest absolute Gasteiger partial charge is 0.247 e. The van der Waals surface area contributed by atoms with Crippen molar-refractivity contribution in [3.8, 4) is 17.0 Å². The molecule has 0 aliphatic carbocycles. The largest absolute Gasteiger partial charge is 0.494 e. The molecular weight excluding hydrogens is 446 g/mol. The van der Waals surface area contributed by atoms with Crippen molar-refractivity contribution in [1.29, 1.82) is 5.41 Å². The van der Waals surface area contributed by atoms with E-state index in [1.807, 2.05) is 18.2 Å². The Morgan fingerprint density at radius 2 is 2.03 bits per heavy atom. The molecule has 0 saturated carbocycles. The molecule has 0 aliphatic rings. The second-order valence-electron chi connectivity index (χ2n) is 7.50. The molecule has 182 valence electrons. The number of nitrogens with zero attached hydrogens (tertiary/aromatic N) is 3. The Balaban J connectivity index is 2.00. The first-order valence-corrected chi connectivity index (χ1v) is 10.8. The van der Waals surface area contributed by atoms with Gasteiger partial charge < -0.3 is 36.1 Å². The Hall–Kier alpha value is -4.44. The lowest BCUT2D eigenvalue weighted by Crippen LogP contribution is -2.23. The molecule has 0 atom stereocenters. The van der Waals surface area contributed by atoms with E-state index in [-0.39, 0.29) is 12.5 Å². The second kappa shape index (κ2) is 11.6. The molecule has 0 radical (unpaired) electrons. The number of likely N-dealkylation sites (N-methyl/N-ethyl adjacent to an activating group) is 1. The van der Waals surface area contributed by atoms with Crippen LogP contribution in [0, 0.1) is 5.41 Å². The molecule has 0 aliphatic heterocycles. The van der Waals surface area contributed by atoms with Crippen molar-refractivity contribution in [1.82, 2.24) is 9.97 Å². The van der Waals surface area contributed by atoms with Gasteiger partial charge in [0, 0.05) is 55.9 Å². The summed E-state index contributed by atoms with van der Waals surface area (Å²) < 4.78 is 5.57. The van der Waals surface area contributed by atoms with Crippen molar-refractivity contribution in [2.45, 2.75) is 0 Å². The van der Waals surface area contributed by atoms with Gasteiger partial charge in [0.2, 0.25) is 11.9 Å². The van der Waals surface area contributed by atoms with Crippen LogP contribution in [0.15, 0.2) is 55.3 Å². The van der Waals surface area contributed by atoms with E-state index in [1.54, 1.807) is 43.4 Å². The number of ether oxygens (including phenoxy) is 1. The van der Waals surface area contributed by atoms with Crippen LogP contribution in [0.5, 0.6) is 5.75 Å². The van der Waals surface area contributed by atoms with E-state index in [1.165, 1.54) is 19.4 Å². The van der Waals surface area contributed by atoms with E-state index in [0.29, 0.717) is 41.0 Å². The molecule has 1 amide bonds. The average Bonchev–Trinajstić information content (AvgIpc) is 2.88. The SMILES string of the molecule is C=CC(=O)Nc1cc(Nc2nccc(-c3ccc(NC)c(C=N)c3)n2)c(OC)cc1N(C)CCO. The highest BCUT2D eigenvalue weighted by Crippen LogP contribution is 2.38. The first kappa shape index (κ1) is 25.2. The van der Waals surface area contributed by atoms with Crippen LogP contribution in [0.25, 0.3) is 11.3 Å². The molecule has 0 fully saturated rings. The van der Waals surface area contributed by atoms with E-state index in [2.05, 4.69) is 32.5 Å². The summed E-state index contributed by atoms with van der Waals surface area (Å²) in [5, 5.41) is 26.0. The lowest BCUT2D eigenvalue weighted by molar-refractivity contribution is -0.111. The van der Waals surface area contributed by atoms with Gasteiger partial charge in [0.15, 0.2) is 0 Å². The van der Waals surface area contributed by atoms with E-state index in [9.17, 15) is 9.90 Å². The van der Waals surface area contributed by atoms with Gasteiger partial charge in [-0.15, -0.1) is 0 Å². The quantitative estimate of drug-likeness (QED) is 0.210. The third-order valence-electron chi connectivity index (χ3n) is 5.28. The Morgan fingerprint density at radius 3 is 2.69 bits per heavy atom. The number of hydrogen-bond acceptors (Lipinski definition) is 9. The zero-order valence-electron chi connectivity index (χ0n) is 19.9. The zero-order chi connectivity index (χ0) is 25.4. The van der Waals surface area contributed by atoms with E-state index in [0.717, 1.165) is 16.8 Å². The molecule has 35 heavy (non-hydrogen) atoms. The summed E-state index contributed by atoms with van der Waals surface area (Å²) in [5.41, 5.74) is 4.80. The third kappa shape index (κ3) is 5.92. The van der Waals surface area contributed by atoms with Gasteiger partial charge in [0.05, 0.1) is 36.5 Å². The number of anilines is 5. The molecule has 0 unspecified atom stereocenters. The predicted octanol–water partition coefficient (Wildman–Crippen LogP) is 3.49. The summed E-state index contributed by atoms with van der Waals surface area (Å²) in [6.07, 6.45) is 4.10. The van der Waals surface area contributed by atoms with E-state index < -0.39 is 0 Å². The fourth-order valence-electron chi connectivity index (χ4n) is 3.48. The predicted molar refractivity (Wildman–Crippen MR) is 140 cm³/mol. The standard InChI is InChI=1S/C25H29N7O3/c1-5-24(34)29-20-13-21(23(35-4)14-22(20)32(3)10-11-33)31-25-28-9-8-19(30-25)16-6-7-18(27-2)17(12-16)15-26/h5-9,12-15,26-27,33H,1,10-11H2,2-4H3,(H,29,34)(H,28,30,31). The lowest BCUT2D eigenvalue weighted by atomic mass is 10.1. The maximum absolute atomic E-state index is 12.0. The van der Waals surface area contributed by atoms with Crippen molar-refractivity contribution in [3.05, 3.63) is 60.8 Å². The molecule has 1 aromatic heterocycles. The van der Waals surface area contributed by atoms with Crippen LogP contribution >= 0.6 is 0 Å². The monoisotopic (exact) mass is 475 g/mol. The van der Waals surface area contributed by atoms with Crippen LogP contribution in [0.1, 0.15) is 5.56 Å². The highest BCUT2D eigenvalue weighted by atomic mass is 16.5. The zero-order valence-corrected chi connectivity index (χ0v) is 19.9. The molecule has 3 aromatic rings. The average molecular weight is 476 g/mol. The number of carbonyl (C=O) groups is 1. The van der Waals surface area contributed by atoms with E-state index in [4.69, 9.17) is 10.1 Å². The number of aliphatic hydroxyl groups excluding tert-OH is 1. The molecule has 10 heteroatoms. The van der Waals surface area contributed by atoms with Gasteiger partial charge in [-0.3, -0.25) is 4.79 Å². The van der Waals surface area contributed by atoms with Crippen molar-refractivity contribution >= 4 is 40.8 Å². The highest BCUT2D eigenvalue weighted by molar-refractivity contribution is 6.02.